The van der Waals surface area contributed by atoms with Crippen molar-refractivity contribution in [2.75, 3.05) is 40.4 Å². The van der Waals surface area contributed by atoms with Crippen molar-refractivity contribution in [1.82, 2.24) is 15.5 Å². The Balaban J connectivity index is 0.00000341. The highest BCUT2D eigenvalue weighted by atomic mass is 127. The number of hydrogen-bond acceptors (Lipinski definition) is 5. The Morgan fingerprint density at radius 2 is 2.00 bits per heavy atom. The lowest BCUT2D eigenvalue weighted by Crippen LogP contribution is -2.45. The number of guanidine groups is 1. The van der Waals surface area contributed by atoms with Crippen LogP contribution in [0.3, 0.4) is 0 Å². The van der Waals surface area contributed by atoms with Gasteiger partial charge in [0.15, 0.2) is 5.96 Å². The van der Waals surface area contributed by atoms with E-state index in [4.69, 9.17) is 18.9 Å². The third-order valence-corrected chi connectivity index (χ3v) is 5.17. The number of halogens is 1. The number of furan rings is 1. The second-order valence-corrected chi connectivity index (χ2v) is 7.57. The lowest BCUT2D eigenvalue weighted by molar-refractivity contribution is 0.321. The molecule has 2 aromatic rings. The van der Waals surface area contributed by atoms with Crippen molar-refractivity contribution in [1.29, 1.82) is 0 Å². The summed E-state index contributed by atoms with van der Waals surface area (Å²) in [5, 5.41) is 7.05. The minimum atomic E-state index is 0. The van der Waals surface area contributed by atoms with Gasteiger partial charge in [0.1, 0.15) is 17.3 Å². The maximum atomic E-state index is 5.41. The van der Waals surface area contributed by atoms with Crippen molar-refractivity contribution < 1.29 is 13.9 Å². The molecule has 0 saturated carbocycles. The van der Waals surface area contributed by atoms with E-state index in [9.17, 15) is 0 Å². The largest absolute Gasteiger partial charge is 0.497 e. The first-order valence-electron chi connectivity index (χ1n) is 10.7. The summed E-state index contributed by atoms with van der Waals surface area (Å²) >= 11 is 0. The van der Waals surface area contributed by atoms with Gasteiger partial charge in [0, 0.05) is 51.3 Å². The van der Waals surface area contributed by atoms with E-state index in [-0.39, 0.29) is 24.0 Å². The normalized spacial score (nSPS) is 16.6. The molecule has 1 aliphatic rings. The zero-order valence-electron chi connectivity index (χ0n) is 18.7. The summed E-state index contributed by atoms with van der Waals surface area (Å²) in [6, 6.07) is 10.4. The number of hydrogen-bond donors (Lipinski definition) is 2. The van der Waals surface area contributed by atoms with Crippen LogP contribution in [0.25, 0.3) is 0 Å². The third kappa shape index (κ3) is 8.25. The van der Waals surface area contributed by atoms with E-state index in [2.05, 4.69) is 34.6 Å². The number of nitrogens with zero attached hydrogens (tertiary/aromatic N) is 2. The Morgan fingerprint density at radius 3 is 2.65 bits per heavy atom. The molecule has 1 fully saturated rings. The highest BCUT2D eigenvalue weighted by Gasteiger charge is 2.23. The van der Waals surface area contributed by atoms with Gasteiger partial charge in [-0.3, -0.25) is 9.89 Å². The minimum Gasteiger partial charge on any atom is -0.497 e. The van der Waals surface area contributed by atoms with Crippen LogP contribution >= 0.6 is 24.0 Å². The van der Waals surface area contributed by atoms with E-state index < -0.39 is 0 Å². The van der Waals surface area contributed by atoms with E-state index in [0.29, 0.717) is 6.04 Å². The minimum absolute atomic E-state index is 0. The van der Waals surface area contributed by atoms with Crippen LogP contribution in [0, 0.1) is 0 Å². The number of nitrogens with one attached hydrogen (secondary N) is 2. The molecule has 0 spiro atoms. The molecule has 0 amide bonds. The average Bonchev–Trinajstić information content (AvgIpc) is 3.43. The Labute approximate surface area is 202 Å². The van der Waals surface area contributed by atoms with Gasteiger partial charge in [-0.25, -0.2) is 0 Å². The quantitative estimate of drug-likeness (QED) is 0.271. The van der Waals surface area contributed by atoms with Gasteiger partial charge in [-0.2, -0.15) is 0 Å². The second-order valence-electron chi connectivity index (χ2n) is 7.57. The summed E-state index contributed by atoms with van der Waals surface area (Å²) in [6.45, 7) is 6.65. The number of benzene rings is 1. The topological polar surface area (TPSA) is 71.3 Å². The molecule has 1 saturated heterocycles. The van der Waals surface area contributed by atoms with Crippen LogP contribution in [0.4, 0.5) is 0 Å². The monoisotopic (exact) mass is 542 g/mol. The first kappa shape index (κ1) is 25.3. The van der Waals surface area contributed by atoms with Crippen LogP contribution in [0.5, 0.6) is 11.5 Å². The first-order valence-corrected chi connectivity index (χ1v) is 10.7. The van der Waals surface area contributed by atoms with Crippen molar-refractivity contribution >= 4 is 29.9 Å². The summed E-state index contributed by atoms with van der Waals surface area (Å²) in [4.78, 5) is 7.14. The van der Waals surface area contributed by atoms with Crippen LogP contribution in [0.2, 0.25) is 0 Å². The van der Waals surface area contributed by atoms with Crippen molar-refractivity contribution in [3.05, 3.63) is 47.9 Å². The van der Waals surface area contributed by atoms with Crippen LogP contribution in [0.1, 0.15) is 31.1 Å². The highest BCUT2D eigenvalue weighted by Crippen LogP contribution is 2.24. The predicted octanol–water partition coefficient (Wildman–Crippen LogP) is 3.68. The molecule has 1 aliphatic heterocycles. The smallest absolute Gasteiger partial charge is 0.191 e. The van der Waals surface area contributed by atoms with E-state index in [1.165, 1.54) is 5.56 Å². The fraction of sp³-hybridized carbons (Fsp3) is 0.522. The SMILES string of the molecule is CCCN=C(NCCc1ccco1)NC1CCN(Cc2cc(OC)cc(OC)c2)C1.I. The van der Waals surface area contributed by atoms with E-state index >= 15 is 0 Å². The summed E-state index contributed by atoms with van der Waals surface area (Å²) < 4.78 is 16.2. The zero-order valence-corrected chi connectivity index (χ0v) is 21.1. The molecule has 0 bridgehead atoms. The standard InChI is InChI=1S/C23H34N4O3.HI/c1-4-9-24-23(25-10-7-20-6-5-12-30-20)26-19-8-11-27(17-19)16-18-13-21(28-2)15-22(14-18)29-3;/h5-6,12-15,19H,4,7-11,16-17H2,1-3H3,(H2,24,25,26);1H. The molecule has 172 valence electrons. The van der Waals surface area contributed by atoms with E-state index in [1.807, 2.05) is 18.2 Å². The molecule has 1 aromatic heterocycles. The number of rotatable bonds is 10. The lowest BCUT2D eigenvalue weighted by atomic mass is 10.2. The zero-order chi connectivity index (χ0) is 21.2. The van der Waals surface area contributed by atoms with Gasteiger partial charge >= 0.3 is 0 Å². The van der Waals surface area contributed by atoms with Crippen LogP contribution in [0.15, 0.2) is 46.0 Å². The summed E-state index contributed by atoms with van der Waals surface area (Å²) in [5.41, 5.74) is 1.20. The summed E-state index contributed by atoms with van der Waals surface area (Å²) in [7, 11) is 3.37. The highest BCUT2D eigenvalue weighted by molar-refractivity contribution is 14.0. The van der Waals surface area contributed by atoms with E-state index in [0.717, 1.165) is 75.2 Å². The van der Waals surface area contributed by atoms with Crippen LogP contribution in [-0.4, -0.2) is 57.3 Å². The molecular weight excluding hydrogens is 507 g/mol. The fourth-order valence-electron chi connectivity index (χ4n) is 3.64. The average molecular weight is 542 g/mol. The molecule has 1 unspecified atom stereocenters. The van der Waals surface area contributed by atoms with Crippen molar-refractivity contribution in [3.63, 3.8) is 0 Å². The molecule has 31 heavy (non-hydrogen) atoms. The second kappa shape index (κ2) is 13.5. The Morgan fingerprint density at radius 1 is 1.23 bits per heavy atom. The van der Waals surface area contributed by atoms with Gasteiger partial charge in [-0.05, 0) is 42.7 Å². The van der Waals surface area contributed by atoms with Crippen molar-refractivity contribution in [2.24, 2.45) is 4.99 Å². The van der Waals surface area contributed by atoms with Crippen LogP contribution < -0.4 is 20.1 Å². The lowest BCUT2D eigenvalue weighted by Gasteiger charge is -2.19. The number of likely N-dealkylation sites (tertiary alicyclic amines) is 1. The Kier molecular flexibility index (Phi) is 11.0. The Bertz CT molecular complexity index is 776. The Hall–Kier alpha value is -1.94. The van der Waals surface area contributed by atoms with Gasteiger partial charge in [0.25, 0.3) is 0 Å². The van der Waals surface area contributed by atoms with Crippen molar-refractivity contribution in [3.8, 4) is 11.5 Å². The number of methoxy groups -OCH3 is 2. The maximum Gasteiger partial charge on any atom is 0.191 e. The summed E-state index contributed by atoms with van der Waals surface area (Å²) in [5.74, 6) is 3.53. The molecule has 0 radical (unpaired) electrons. The maximum absolute atomic E-state index is 5.41. The van der Waals surface area contributed by atoms with E-state index in [1.54, 1.807) is 20.5 Å². The number of ether oxygens (including phenoxy) is 2. The molecule has 0 aliphatic carbocycles. The molecule has 1 atom stereocenters. The molecule has 1 aromatic carbocycles. The first-order chi connectivity index (χ1) is 14.7. The van der Waals surface area contributed by atoms with Gasteiger partial charge in [-0.15, -0.1) is 24.0 Å². The predicted molar refractivity (Wildman–Crippen MR) is 135 cm³/mol. The molecule has 2 N–H and O–H groups in total. The van der Waals surface area contributed by atoms with Gasteiger partial charge < -0.3 is 24.5 Å². The van der Waals surface area contributed by atoms with Gasteiger partial charge in [-0.1, -0.05) is 6.92 Å². The molecule has 8 heteroatoms. The molecular formula is C23H35IN4O3. The molecule has 2 heterocycles. The van der Waals surface area contributed by atoms with Gasteiger partial charge in [0.2, 0.25) is 0 Å². The summed E-state index contributed by atoms with van der Waals surface area (Å²) in [6.07, 6.45) is 4.67. The molecule has 3 rings (SSSR count). The van der Waals surface area contributed by atoms with Crippen LogP contribution in [-0.2, 0) is 13.0 Å². The third-order valence-electron chi connectivity index (χ3n) is 5.17. The fourth-order valence-corrected chi connectivity index (χ4v) is 3.64. The number of aliphatic imine (C=N–C) groups is 1. The van der Waals surface area contributed by atoms with Crippen molar-refractivity contribution in [2.45, 2.75) is 38.8 Å². The molecule has 7 nitrogen and oxygen atoms in total. The van der Waals surface area contributed by atoms with Gasteiger partial charge in [0.05, 0.1) is 20.5 Å².